The summed E-state index contributed by atoms with van der Waals surface area (Å²) in [6, 6.07) is 13.0. The quantitative estimate of drug-likeness (QED) is 0.740. The van der Waals surface area contributed by atoms with Crippen LogP contribution in [0.1, 0.15) is 32.0 Å². The predicted molar refractivity (Wildman–Crippen MR) is 95.4 cm³/mol. The van der Waals surface area contributed by atoms with E-state index in [2.05, 4.69) is 10.3 Å². The van der Waals surface area contributed by atoms with Gasteiger partial charge >= 0.3 is 0 Å². The Morgan fingerprint density at radius 2 is 1.92 bits per heavy atom. The summed E-state index contributed by atoms with van der Waals surface area (Å²) >= 11 is 0. The van der Waals surface area contributed by atoms with Crippen LogP contribution in [0.2, 0.25) is 0 Å². The van der Waals surface area contributed by atoms with Crippen molar-refractivity contribution >= 4 is 17.6 Å². The second-order valence-corrected chi connectivity index (χ2v) is 5.88. The van der Waals surface area contributed by atoms with E-state index in [1.54, 1.807) is 4.57 Å². The Kier molecular flexibility index (Phi) is 4.79. The maximum atomic E-state index is 13.3. The zero-order valence-electron chi connectivity index (χ0n) is 14.1. The lowest BCUT2D eigenvalue weighted by Crippen LogP contribution is -2.21. The van der Waals surface area contributed by atoms with E-state index in [9.17, 15) is 14.0 Å². The fraction of sp³-hybridized carbons (Fsp3) is 0.105. The number of imidazole rings is 1. The van der Waals surface area contributed by atoms with E-state index in [1.807, 2.05) is 31.2 Å². The third kappa shape index (κ3) is 3.77. The van der Waals surface area contributed by atoms with E-state index < -0.39 is 17.6 Å². The van der Waals surface area contributed by atoms with Crippen molar-refractivity contribution in [1.29, 1.82) is 0 Å². The number of hydrogen-bond acceptors (Lipinski definition) is 3. The number of benzene rings is 2. The molecule has 3 N–H and O–H groups in total. The number of anilines is 1. The molecule has 1 aromatic heterocycles. The number of aromatic nitrogens is 2. The van der Waals surface area contributed by atoms with Gasteiger partial charge < -0.3 is 15.6 Å². The summed E-state index contributed by atoms with van der Waals surface area (Å²) in [4.78, 5) is 28.2. The Balaban J connectivity index is 1.86. The molecule has 7 heteroatoms. The molecule has 2 aromatic carbocycles. The van der Waals surface area contributed by atoms with Crippen molar-refractivity contribution in [1.82, 2.24) is 9.55 Å². The molecule has 0 atom stereocenters. The molecule has 0 radical (unpaired) electrons. The van der Waals surface area contributed by atoms with Crippen molar-refractivity contribution in [3.05, 3.63) is 83.1 Å². The maximum Gasteiger partial charge on any atom is 0.269 e. The molecule has 0 saturated heterocycles. The summed E-state index contributed by atoms with van der Waals surface area (Å²) in [5.74, 6) is -1.78. The monoisotopic (exact) mass is 352 g/mol. The Morgan fingerprint density at radius 1 is 1.19 bits per heavy atom. The lowest BCUT2D eigenvalue weighted by molar-refractivity contribution is 0.0993. The van der Waals surface area contributed by atoms with Gasteiger partial charge in [-0.3, -0.25) is 9.59 Å². The van der Waals surface area contributed by atoms with Gasteiger partial charge in [-0.2, -0.15) is 0 Å². The molecule has 0 aliphatic carbocycles. The number of carbonyl (C=O) groups excluding carboxylic acids is 2. The Bertz CT molecular complexity index is 964. The molecule has 1 heterocycles. The lowest BCUT2D eigenvalue weighted by atomic mass is 10.1. The van der Waals surface area contributed by atoms with Gasteiger partial charge in [0.15, 0.2) is 11.5 Å². The average Bonchev–Trinajstić information content (AvgIpc) is 2.99. The molecule has 0 bridgehead atoms. The van der Waals surface area contributed by atoms with Crippen LogP contribution in [0.5, 0.6) is 0 Å². The van der Waals surface area contributed by atoms with Gasteiger partial charge in [0.1, 0.15) is 5.82 Å². The summed E-state index contributed by atoms with van der Waals surface area (Å²) in [7, 11) is 0. The van der Waals surface area contributed by atoms with Gasteiger partial charge in [0.25, 0.3) is 11.8 Å². The van der Waals surface area contributed by atoms with Crippen molar-refractivity contribution in [2.24, 2.45) is 5.73 Å². The van der Waals surface area contributed by atoms with Crippen LogP contribution in [0.15, 0.2) is 54.9 Å². The highest BCUT2D eigenvalue weighted by atomic mass is 19.1. The Hall–Kier alpha value is -3.48. The Morgan fingerprint density at radius 3 is 2.58 bits per heavy atom. The largest absolute Gasteiger partial charge is 0.364 e. The molecule has 0 aliphatic rings. The van der Waals surface area contributed by atoms with Crippen LogP contribution < -0.4 is 11.1 Å². The minimum Gasteiger partial charge on any atom is -0.364 e. The van der Waals surface area contributed by atoms with Crippen molar-refractivity contribution in [2.45, 2.75) is 13.5 Å². The molecular weight excluding hydrogens is 335 g/mol. The second-order valence-electron chi connectivity index (χ2n) is 5.88. The van der Waals surface area contributed by atoms with Gasteiger partial charge in [-0.25, -0.2) is 9.37 Å². The maximum absolute atomic E-state index is 13.3. The average molecular weight is 352 g/mol. The highest BCUT2D eigenvalue weighted by Gasteiger charge is 2.19. The van der Waals surface area contributed by atoms with Gasteiger partial charge in [-0.05, 0) is 30.7 Å². The first-order chi connectivity index (χ1) is 12.4. The van der Waals surface area contributed by atoms with Gasteiger partial charge in [-0.1, -0.05) is 35.9 Å². The van der Waals surface area contributed by atoms with Crippen LogP contribution in [0.25, 0.3) is 0 Å². The first-order valence-electron chi connectivity index (χ1n) is 7.91. The van der Waals surface area contributed by atoms with Gasteiger partial charge in [-0.15, -0.1) is 0 Å². The van der Waals surface area contributed by atoms with Crippen LogP contribution in [0.3, 0.4) is 0 Å². The molecule has 0 unspecified atom stereocenters. The smallest absolute Gasteiger partial charge is 0.269 e. The van der Waals surface area contributed by atoms with E-state index >= 15 is 0 Å². The fourth-order valence-electron chi connectivity index (χ4n) is 2.55. The fourth-order valence-corrected chi connectivity index (χ4v) is 2.55. The van der Waals surface area contributed by atoms with Gasteiger partial charge in [0.2, 0.25) is 0 Å². The number of carbonyl (C=O) groups is 2. The normalized spacial score (nSPS) is 10.5. The summed E-state index contributed by atoms with van der Waals surface area (Å²) < 4.78 is 14.8. The number of hydrogen-bond donors (Lipinski definition) is 2. The zero-order valence-corrected chi connectivity index (χ0v) is 14.1. The molecular formula is C19H17FN4O2. The standard InChI is InChI=1S/C19H17FN4O2/c1-12-5-7-13(8-6-12)10-24-11-22-18(16(24)17(21)25)23-19(26)14-3-2-4-15(20)9-14/h2-9,11H,10H2,1H3,(H2,21,25)(H,23,26). The van der Waals surface area contributed by atoms with Crippen LogP contribution in [0, 0.1) is 12.7 Å². The molecule has 0 saturated carbocycles. The zero-order chi connectivity index (χ0) is 18.7. The van der Waals surface area contributed by atoms with Crippen LogP contribution in [-0.4, -0.2) is 21.4 Å². The number of amides is 2. The van der Waals surface area contributed by atoms with E-state index in [4.69, 9.17) is 5.73 Å². The number of aryl methyl sites for hydroxylation is 1. The number of nitrogens with one attached hydrogen (secondary N) is 1. The van der Waals surface area contributed by atoms with Gasteiger partial charge in [0.05, 0.1) is 6.33 Å². The molecule has 0 spiro atoms. The number of primary amides is 1. The van der Waals surface area contributed by atoms with E-state index in [0.717, 1.165) is 17.2 Å². The molecule has 6 nitrogen and oxygen atoms in total. The van der Waals surface area contributed by atoms with Crippen molar-refractivity contribution in [3.63, 3.8) is 0 Å². The molecule has 3 rings (SSSR count). The van der Waals surface area contributed by atoms with E-state index in [0.29, 0.717) is 6.54 Å². The second kappa shape index (κ2) is 7.18. The lowest BCUT2D eigenvalue weighted by Gasteiger charge is -2.08. The number of rotatable bonds is 5. The Labute approximate surface area is 149 Å². The molecule has 132 valence electrons. The third-order valence-corrected chi connectivity index (χ3v) is 3.86. The molecule has 0 fully saturated rings. The highest BCUT2D eigenvalue weighted by Crippen LogP contribution is 2.17. The number of halogens is 1. The van der Waals surface area contributed by atoms with Crippen LogP contribution >= 0.6 is 0 Å². The topological polar surface area (TPSA) is 90.0 Å². The SMILES string of the molecule is Cc1ccc(Cn2cnc(NC(=O)c3cccc(F)c3)c2C(N)=O)cc1. The van der Waals surface area contributed by atoms with Crippen LogP contribution in [-0.2, 0) is 6.54 Å². The van der Waals surface area contributed by atoms with Gasteiger partial charge in [0, 0.05) is 12.1 Å². The molecule has 3 aromatic rings. The third-order valence-electron chi connectivity index (χ3n) is 3.86. The minimum absolute atomic E-state index is 0.0406. The summed E-state index contributed by atoms with van der Waals surface area (Å²) in [6.07, 6.45) is 1.43. The van der Waals surface area contributed by atoms with Crippen molar-refractivity contribution in [3.8, 4) is 0 Å². The first kappa shape index (κ1) is 17.3. The van der Waals surface area contributed by atoms with E-state index in [-0.39, 0.29) is 17.1 Å². The summed E-state index contributed by atoms with van der Waals surface area (Å²) in [6.45, 7) is 2.36. The van der Waals surface area contributed by atoms with E-state index in [1.165, 1.54) is 24.5 Å². The highest BCUT2D eigenvalue weighted by molar-refractivity contribution is 6.07. The summed E-state index contributed by atoms with van der Waals surface area (Å²) in [5, 5.41) is 2.51. The molecule has 26 heavy (non-hydrogen) atoms. The van der Waals surface area contributed by atoms with Crippen molar-refractivity contribution in [2.75, 3.05) is 5.32 Å². The predicted octanol–water partition coefficient (Wildman–Crippen LogP) is 2.73. The minimum atomic E-state index is -0.718. The number of nitrogens with zero attached hydrogens (tertiary/aromatic N) is 2. The van der Waals surface area contributed by atoms with Crippen molar-refractivity contribution < 1.29 is 14.0 Å². The molecule has 0 aliphatic heterocycles. The number of nitrogens with two attached hydrogens (primary N) is 1. The summed E-state index contributed by atoms with van der Waals surface area (Å²) in [5.41, 5.74) is 7.74. The first-order valence-corrected chi connectivity index (χ1v) is 7.91. The van der Waals surface area contributed by atoms with Crippen LogP contribution in [0.4, 0.5) is 10.2 Å². The molecule has 2 amide bonds.